The van der Waals surface area contributed by atoms with Gasteiger partial charge in [0.05, 0.1) is 0 Å². The van der Waals surface area contributed by atoms with E-state index in [1.54, 1.807) is 27.8 Å². The summed E-state index contributed by atoms with van der Waals surface area (Å²) in [6.07, 6.45) is 8.90. The number of nitrogens with zero attached hydrogens (tertiary/aromatic N) is 1. The summed E-state index contributed by atoms with van der Waals surface area (Å²) in [7, 11) is 1.56. The monoisotopic (exact) mass is 622 g/mol. The molecule has 0 aliphatic heterocycles. The van der Waals surface area contributed by atoms with Gasteiger partial charge in [0, 0.05) is 13.0 Å². The van der Waals surface area contributed by atoms with Crippen molar-refractivity contribution in [3.63, 3.8) is 0 Å². The van der Waals surface area contributed by atoms with Gasteiger partial charge in [-0.15, -0.1) is 0 Å². The van der Waals surface area contributed by atoms with Gasteiger partial charge in [-0.05, 0) is 126 Å². The van der Waals surface area contributed by atoms with Crippen LogP contribution in [0.1, 0.15) is 105 Å². The van der Waals surface area contributed by atoms with E-state index in [0.29, 0.717) is 29.5 Å². The number of hydrogen-bond donors (Lipinski definition) is 1. The number of likely N-dealkylation sites (N-methyl/N-ethyl adjacent to an activating group) is 1. The van der Waals surface area contributed by atoms with E-state index >= 15 is 0 Å². The summed E-state index contributed by atoms with van der Waals surface area (Å²) in [5, 5.41) is 2.63. The Hall–Kier alpha value is -2.90. The molecule has 0 bridgehead atoms. The van der Waals surface area contributed by atoms with E-state index in [9.17, 15) is 19.2 Å². The van der Waals surface area contributed by atoms with E-state index in [-0.39, 0.29) is 29.9 Å². The first-order valence-corrected chi connectivity index (χ1v) is 17.0. The van der Waals surface area contributed by atoms with Crippen LogP contribution in [0.15, 0.2) is 30.3 Å². The van der Waals surface area contributed by atoms with Crippen LogP contribution in [0.25, 0.3) is 0 Å². The number of carbonyl (C=O) groups is 4. The van der Waals surface area contributed by atoms with Crippen molar-refractivity contribution in [3.8, 4) is 0 Å². The van der Waals surface area contributed by atoms with Crippen molar-refractivity contribution >= 4 is 23.8 Å². The molecular formula is C37H54N2O6. The van der Waals surface area contributed by atoms with Gasteiger partial charge in [0.2, 0.25) is 5.91 Å². The summed E-state index contributed by atoms with van der Waals surface area (Å²) in [5.41, 5.74) is -0.604. The maximum Gasteiger partial charge on any atom is 0.408 e. The Morgan fingerprint density at radius 1 is 0.911 bits per heavy atom. The minimum atomic E-state index is -1.27. The lowest BCUT2D eigenvalue weighted by molar-refractivity contribution is -0.182. The standard InChI is InChI=1S/C37H54N2O6/c1-24(40)28-15-16-29-27-14-13-26-21-35(4,19-20-36(26,5)30(27)17-18-37(28,29)6)45-31(41)22-39(7)32(42)34(2,3)38-33(43)44-23-25-11-9-8-10-12-25/h8-12,26-30H,13-23H2,1-7H3,(H,38,43)/t26-,27-,28+,29-,30-,35+,36-,37+/m0/s1. The highest BCUT2D eigenvalue weighted by Crippen LogP contribution is 2.68. The zero-order chi connectivity index (χ0) is 32.8. The molecule has 248 valence electrons. The maximum atomic E-state index is 13.2. The van der Waals surface area contributed by atoms with Crippen LogP contribution in [-0.2, 0) is 30.5 Å². The van der Waals surface area contributed by atoms with Crippen LogP contribution in [0, 0.1) is 40.4 Å². The van der Waals surface area contributed by atoms with Gasteiger partial charge in [-0.3, -0.25) is 14.4 Å². The zero-order valence-electron chi connectivity index (χ0n) is 28.4. The fraction of sp³-hybridized carbons (Fsp3) is 0.730. The highest BCUT2D eigenvalue weighted by Gasteiger charge is 2.62. The van der Waals surface area contributed by atoms with Crippen LogP contribution in [0.5, 0.6) is 0 Å². The highest BCUT2D eigenvalue weighted by molar-refractivity contribution is 5.91. The van der Waals surface area contributed by atoms with Gasteiger partial charge in [-0.1, -0.05) is 44.2 Å². The molecule has 1 aromatic rings. The molecule has 0 spiro atoms. The third-order valence-corrected chi connectivity index (χ3v) is 12.7. The Kier molecular flexibility index (Phi) is 9.20. The Morgan fingerprint density at radius 2 is 1.60 bits per heavy atom. The molecule has 45 heavy (non-hydrogen) atoms. The molecule has 8 atom stereocenters. The number of hydrogen-bond acceptors (Lipinski definition) is 6. The van der Waals surface area contributed by atoms with Gasteiger partial charge in [0.1, 0.15) is 30.1 Å². The molecule has 4 saturated carbocycles. The molecule has 8 heteroatoms. The van der Waals surface area contributed by atoms with Crippen molar-refractivity contribution in [3.05, 3.63) is 35.9 Å². The predicted molar refractivity (Wildman–Crippen MR) is 172 cm³/mol. The molecule has 5 rings (SSSR count). The third-order valence-electron chi connectivity index (χ3n) is 12.7. The van der Waals surface area contributed by atoms with Crippen molar-refractivity contribution in [1.29, 1.82) is 0 Å². The molecule has 8 nitrogen and oxygen atoms in total. The average molecular weight is 623 g/mol. The van der Waals surface area contributed by atoms with Gasteiger partial charge in [-0.25, -0.2) is 4.79 Å². The Bertz CT molecular complexity index is 1300. The molecule has 0 heterocycles. The third kappa shape index (κ3) is 6.53. The number of benzene rings is 1. The first-order valence-electron chi connectivity index (χ1n) is 17.0. The normalized spacial score (nSPS) is 35.7. The van der Waals surface area contributed by atoms with Gasteiger partial charge in [0.25, 0.3) is 0 Å². The number of alkyl carbamates (subject to hydrolysis) is 1. The molecule has 2 amide bonds. The van der Waals surface area contributed by atoms with Gasteiger partial charge < -0.3 is 19.7 Å². The van der Waals surface area contributed by atoms with Gasteiger partial charge >= 0.3 is 12.1 Å². The second-order valence-corrected chi connectivity index (χ2v) is 16.0. The second-order valence-electron chi connectivity index (χ2n) is 16.0. The molecule has 4 aliphatic rings. The van der Waals surface area contributed by atoms with Crippen molar-refractivity contribution in [1.82, 2.24) is 10.2 Å². The van der Waals surface area contributed by atoms with Gasteiger partial charge in [-0.2, -0.15) is 0 Å². The molecule has 0 aromatic heterocycles. The quantitative estimate of drug-likeness (QED) is 0.324. The van der Waals surface area contributed by atoms with E-state index in [1.807, 2.05) is 30.3 Å². The Balaban J connectivity index is 1.14. The predicted octanol–water partition coefficient (Wildman–Crippen LogP) is 6.70. The van der Waals surface area contributed by atoms with Crippen LogP contribution in [0.3, 0.4) is 0 Å². The minimum absolute atomic E-state index is 0.0967. The molecular weight excluding hydrogens is 568 g/mol. The van der Waals surface area contributed by atoms with Crippen LogP contribution < -0.4 is 5.32 Å². The number of fused-ring (bicyclic) bond motifs is 5. The van der Waals surface area contributed by atoms with Crippen LogP contribution >= 0.6 is 0 Å². The number of nitrogens with one attached hydrogen (secondary N) is 1. The first-order chi connectivity index (χ1) is 21.1. The summed E-state index contributed by atoms with van der Waals surface area (Å²) in [5.74, 6) is 2.26. The Labute approximate surface area is 269 Å². The SMILES string of the molecule is CC(=O)[C@H]1CC[C@H]2[C@@H]3CC[C@H]4C[C@](C)(OC(=O)CN(C)C(=O)C(C)(C)NC(=O)OCc5ccccc5)CC[C@]4(C)[C@H]3CC[C@]12C. The number of carbonyl (C=O) groups excluding carboxylic acids is 4. The fourth-order valence-electron chi connectivity index (χ4n) is 10.3. The van der Waals surface area contributed by atoms with Gasteiger partial charge in [0.15, 0.2) is 0 Å². The van der Waals surface area contributed by atoms with E-state index in [0.717, 1.165) is 44.1 Å². The van der Waals surface area contributed by atoms with Crippen LogP contribution in [-0.4, -0.2) is 53.4 Å². The molecule has 0 unspecified atom stereocenters. The van der Waals surface area contributed by atoms with E-state index in [4.69, 9.17) is 9.47 Å². The number of ether oxygens (including phenoxy) is 2. The smallest absolute Gasteiger partial charge is 0.408 e. The lowest BCUT2D eigenvalue weighted by Gasteiger charge is -2.62. The molecule has 4 aliphatic carbocycles. The number of ketones is 1. The lowest BCUT2D eigenvalue weighted by atomic mass is 9.44. The number of Topliss-reactive ketones (excluding diaryl/α,β-unsaturated/α-hetero) is 1. The molecule has 1 N–H and O–H groups in total. The number of rotatable bonds is 8. The van der Waals surface area contributed by atoms with Crippen LogP contribution in [0.2, 0.25) is 0 Å². The highest BCUT2D eigenvalue weighted by atomic mass is 16.6. The molecule has 0 saturated heterocycles. The van der Waals surface area contributed by atoms with E-state index in [2.05, 4.69) is 26.1 Å². The molecule has 1 aromatic carbocycles. The summed E-state index contributed by atoms with van der Waals surface area (Å²) in [4.78, 5) is 52.7. The van der Waals surface area contributed by atoms with E-state index < -0.39 is 29.1 Å². The zero-order valence-corrected chi connectivity index (χ0v) is 28.4. The molecule has 4 fully saturated rings. The fourth-order valence-corrected chi connectivity index (χ4v) is 10.3. The van der Waals surface area contributed by atoms with Crippen molar-refractivity contribution in [2.45, 2.75) is 117 Å². The van der Waals surface area contributed by atoms with Crippen molar-refractivity contribution in [2.75, 3.05) is 13.6 Å². The largest absolute Gasteiger partial charge is 0.458 e. The average Bonchev–Trinajstić information content (AvgIpc) is 3.34. The number of esters is 1. The summed E-state index contributed by atoms with van der Waals surface area (Å²) in [6, 6.07) is 9.32. The Morgan fingerprint density at radius 3 is 2.29 bits per heavy atom. The van der Waals surface area contributed by atoms with E-state index in [1.165, 1.54) is 24.2 Å². The topological polar surface area (TPSA) is 102 Å². The first kappa shape index (κ1) is 33.5. The lowest BCUT2D eigenvalue weighted by Crippen LogP contribution is -2.57. The summed E-state index contributed by atoms with van der Waals surface area (Å²) >= 11 is 0. The van der Waals surface area contributed by atoms with Crippen molar-refractivity contribution in [2.24, 2.45) is 40.4 Å². The summed E-state index contributed by atoms with van der Waals surface area (Å²) in [6.45, 7) is 11.8. The number of amides is 2. The molecule has 0 radical (unpaired) electrons. The second kappa shape index (κ2) is 12.4. The van der Waals surface area contributed by atoms with Crippen molar-refractivity contribution < 1.29 is 28.7 Å². The van der Waals surface area contributed by atoms with Crippen LogP contribution in [0.4, 0.5) is 4.79 Å². The summed E-state index contributed by atoms with van der Waals surface area (Å²) < 4.78 is 11.4. The maximum absolute atomic E-state index is 13.2. The minimum Gasteiger partial charge on any atom is -0.458 e.